The first kappa shape index (κ1) is 13.3. The van der Waals surface area contributed by atoms with Gasteiger partial charge in [0.05, 0.1) is 4.90 Å². The van der Waals surface area contributed by atoms with Crippen LogP contribution in [0, 0.1) is 0 Å². The van der Waals surface area contributed by atoms with Gasteiger partial charge < -0.3 is 11.1 Å². The maximum Gasteiger partial charge on any atom is 0.238 e. The summed E-state index contributed by atoms with van der Waals surface area (Å²) in [5.41, 5.74) is 6.70. The topological polar surface area (TPSA) is 98.2 Å². The van der Waals surface area contributed by atoms with Crippen LogP contribution in [-0.4, -0.2) is 20.5 Å². The first-order valence-corrected chi connectivity index (χ1v) is 7.65. The largest absolute Gasteiger partial charge is 0.382 e. The van der Waals surface area contributed by atoms with Crippen molar-refractivity contribution in [3.05, 3.63) is 24.3 Å². The summed E-state index contributed by atoms with van der Waals surface area (Å²) >= 11 is 0. The number of anilines is 1. The van der Waals surface area contributed by atoms with Crippen LogP contribution in [-0.2, 0) is 10.0 Å². The lowest BCUT2D eigenvalue weighted by Crippen LogP contribution is -2.34. The van der Waals surface area contributed by atoms with Crippen molar-refractivity contribution in [1.82, 2.24) is 0 Å². The van der Waals surface area contributed by atoms with Gasteiger partial charge in [0.2, 0.25) is 10.0 Å². The molecule has 1 aromatic carbocycles. The van der Waals surface area contributed by atoms with E-state index in [2.05, 4.69) is 5.32 Å². The van der Waals surface area contributed by atoms with Gasteiger partial charge in [-0.15, -0.1) is 0 Å². The molecule has 2 rings (SSSR count). The van der Waals surface area contributed by atoms with Crippen LogP contribution >= 0.6 is 0 Å². The highest BCUT2D eigenvalue weighted by atomic mass is 32.2. The minimum absolute atomic E-state index is 0.132. The minimum atomic E-state index is -3.64. The van der Waals surface area contributed by atoms with Crippen molar-refractivity contribution in [2.45, 2.75) is 42.7 Å². The van der Waals surface area contributed by atoms with Gasteiger partial charge in [-0.3, -0.25) is 0 Å². The van der Waals surface area contributed by atoms with Crippen LogP contribution in [0.2, 0.25) is 0 Å². The van der Waals surface area contributed by atoms with E-state index in [-0.39, 0.29) is 10.9 Å². The predicted octanol–water partition coefficient (Wildman–Crippen LogP) is 1.02. The maximum atomic E-state index is 11.3. The molecular weight excluding hydrogens is 250 g/mol. The van der Waals surface area contributed by atoms with Crippen molar-refractivity contribution in [3.8, 4) is 0 Å². The van der Waals surface area contributed by atoms with E-state index in [4.69, 9.17) is 10.9 Å². The lowest BCUT2D eigenvalue weighted by Gasteiger charge is -2.28. The Kier molecular flexibility index (Phi) is 3.89. The number of nitrogens with one attached hydrogen (secondary N) is 1. The first-order chi connectivity index (χ1) is 8.45. The van der Waals surface area contributed by atoms with E-state index < -0.39 is 10.0 Å². The molecule has 0 bridgehead atoms. The van der Waals surface area contributed by atoms with Gasteiger partial charge in [0.15, 0.2) is 0 Å². The number of sulfonamides is 1. The second kappa shape index (κ2) is 5.26. The second-order valence-corrected chi connectivity index (χ2v) is 6.40. The predicted molar refractivity (Wildman–Crippen MR) is 71.7 cm³/mol. The molecule has 1 aromatic rings. The number of benzene rings is 1. The first-order valence-electron chi connectivity index (χ1n) is 6.10. The van der Waals surface area contributed by atoms with E-state index in [1.807, 2.05) is 6.07 Å². The molecule has 1 aliphatic carbocycles. The van der Waals surface area contributed by atoms with Crippen LogP contribution in [0.1, 0.15) is 25.7 Å². The quantitative estimate of drug-likeness (QED) is 0.763. The zero-order valence-corrected chi connectivity index (χ0v) is 11.0. The summed E-state index contributed by atoms with van der Waals surface area (Å²) in [5, 5.41) is 8.43. The summed E-state index contributed by atoms with van der Waals surface area (Å²) in [4.78, 5) is 0.132. The van der Waals surface area contributed by atoms with Crippen LogP contribution in [0.15, 0.2) is 29.2 Å². The fourth-order valence-corrected chi connectivity index (χ4v) is 2.92. The molecule has 2 atom stereocenters. The molecule has 0 heterocycles. The van der Waals surface area contributed by atoms with E-state index in [0.717, 1.165) is 31.4 Å². The Hall–Kier alpha value is -1.11. The van der Waals surface area contributed by atoms with Crippen molar-refractivity contribution in [2.24, 2.45) is 10.9 Å². The third kappa shape index (κ3) is 3.44. The van der Waals surface area contributed by atoms with Crippen molar-refractivity contribution < 1.29 is 8.42 Å². The third-order valence-corrected chi connectivity index (χ3v) is 4.16. The molecule has 1 aliphatic rings. The molecule has 1 saturated carbocycles. The van der Waals surface area contributed by atoms with Crippen LogP contribution in [0.4, 0.5) is 5.69 Å². The molecule has 5 nitrogen and oxygen atoms in total. The third-order valence-electron chi connectivity index (χ3n) is 3.25. The Morgan fingerprint density at radius 3 is 2.72 bits per heavy atom. The van der Waals surface area contributed by atoms with Crippen LogP contribution in [0.5, 0.6) is 0 Å². The molecule has 0 radical (unpaired) electrons. The maximum absolute atomic E-state index is 11.3. The average Bonchev–Trinajstić information content (AvgIpc) is 2.28. The molecule has 0 aromatic heterocycles. The summed E-state index contributed by atoms with van der Waals surface area (Å²) < 4.78 is 22.5. The van der Waals surface area contributed by atoms with Gasteiger partial charge in [0.25, 0.3) is 0 Å². The SMILES string of the molecule is NC1CCCC(Nc2cccc(S(N)(=O)=O)c2)C1. The number of primary sulfonamides is 1. The second-order valence-electron chi connectivity index (χ2n) is 4.84. The monoisotopic (exact) mass is 269 g/mol. The van der Waals surface area contributed by atoms with Crippen LogP contribution in [0.25, 0.3) is 0 Å². The lowest BCUT2D eigenvalue weighted by molar-refractivity contribution is 0.409. The van der Waals surface area contributed by atoms with E-state index in [1.54, 1.807) is 12.1 Å². The number of hydrogen-bond acceptors (Lipinski definition) is 4. The standard InChI is InChI=1S/C12H19N3O2S/c13-9-3-1-4-10(7-9)15-11-5-2-6-12(8-11)18(14,16)17/h2,5-6,8-10,15H,1,3-4,7,13H2,(H2,14,16,17). The van der Waals surface area contributed by atoms with Crippen LogP contribution in [0.3, 0.4) is 0 Å². The van der Waals surface area contributed by atoms with Crippen molar-refractivity contribution in [1.29, 1.82) is 0 Å². The normalized spacial score (nSPS) is 24.8. The smallest absolute Gasteiger partial charge is 0.238 e. The Morgan fingerprint density at radius 1 is 1.28 bits per heavy atom. The highest BCUT2D eigenvalue weighted by molar-refractivity contribution is 7.89. The van der Waals surface area contributed by atoms with Gasteiger partial charge in [-0.2, -0.15) is 0 Å². The number of rotatable bonds is 3. The van der Waals surface area contributed by atoms with Gasteiger partial charge in [0, 0.05) is 17.8 Å². The summed E-state index contributed by atoms with van der Waals surface area (Å²) in [7, 11) is -3.64. The Bertz CT molecular complexity index is 516. The van der Waals surface area contributed by atoms with Gasteiger partial charge in [-0.05, 0) is 43.9 Å². The Morgan fingerprint density at radius 2 is 2.06 bits per heavy atom. The molecule has 0 saturated heterocycles. The molecule has 18 heavy (non-hydrogen) atoms. The van der Waals surface area contributed by atoms with Crippen molar-refractivity contribution in [3.63, 3.8) is 0 Å². The average molecular weight is 269 g/mol. The van der Waals surface area contributed by atoms with Crippen molar-refractivity contribution in [2.75, 3.05) is 5.32 Å². The van der Waals surface area contributed by atoms with E-state index in [1.165, 1.54) is 6.07 Å². The number of nitrogens with two attached hydrogens (primary N) is 2. The van der Waals surface area contributed by atoms with Gasteiger partial charge in [-0.25, -0.2) is 13.6 Å². The summed E-state index contributed by atoms with van der Waals surface area (Å²) in [6.07, 6.45) is 4.15. The lowest BCUT2D eigenvalue weighted by atomic mass is 9.91. The van der Waals surface area contributed by atoms with E-state index in [9.17, 15) is 8.42 Å². The molecule has 6 heteroatoms. The summed E-state index contributed by atoms with van der Waals surface area (Å²) in [6.45, 7) is 0. The van der Waals surface area contributed by atoms with Gasteiger partial charge in [0.1, 0.15) is 0 Å². The molecule has 1 fully saturated rings. The summed E-state index contributed by atoms with van der Waals surface area (Å²) in [6, 6.07) is 7.13. The fourth-order valence-electron chi connectivity index (χ4n) is 2.36. The van der Waals surface area contributed by atoms with E-state index in [0.29, 0.717) is 6.04 Å². The zero-order valence-electron chi connectivity index (χ0n) is 10.2. The van der Waals surface area contributed by atoms with Gasteiger partial charge in [-0.1, -0.05) is 6.07 Å². The highest BCUT2D eigenvalue weighted by Crippen LogP contribution is 2.22. The molecule has 5 N–H and O–H groups in total. The molecule has 0 aliphatic heterocycles. The molecule has 0 spiro atoms. The fraction of sp³-hybridized carbons (Fsp3) is 0.500. The molecular formula is C12H19N3O2S. The highest BCUT2D eigenvalue weighted by Gasteiger charge is 2.19. The Balaban J connectivity index is 2.10. The summed E-state index contributed by atoms with van der Waals surface area (Å²) in [5.74, 6) is 0. The number of hydrogen-bond donors (Lipinski definition) is 3. The van der Waals surface area contributed by atoms with Gasteiger partial charge >= 0.3 is 0 Å². The molecule has 100 valence electrons. The Labute approximate surface area is 108 Å². The van der Waals surface area contributed by atoms with E-state index >= 15 is 0 Å². The minimum Gasteiger partial charge on any atom is -0.382 e. The van der Waals surface area contributed by atoms with Crippen molar-refractivity contribution >= 4 is 15.7 Å². The zero-order chi connectivity index (χ0) is 13.2. The molecule has 2 unspecified atom stereocenters. The molecule has 0 amide bonds. The van der Waals surface area contributed by atoms with Crippen LogP contribution < -0.4 is 16.2 Å².